The van der Waals surface area contributed by atoms with Crippen LogP contribution in [0.2, 0.25) is 0 Å². The third-order valence-electron chi connectivity index (χ3n) is 4.72. The molecule has 2 rings (SSSR count). The van der Waals surface area contributed by atoms with Crippen LogP contribution in [0.4, 0.5) is 13.2 Å². The Morgan fingerprint density at radius 2 is 1.89 bits per heavy atom. The topological polar surface area (TPSA) is 15.3 Å². The van der Waals surface area contributed by atoms with Gasteiger partial charge in [0, 0.05) is 25.2 Å². The number of halogens is 3. The van der Waals surface area contributed by atoms with Crippen LogP contribution in [0.5, 0.6) is 0 Å². The molecule has 106 valence electrons. The molecule has 1 saturated heterocycles. The maximum absolute atomic E-state index is 13.1. The van der Waals surface area contributed by atoms with Gasteiger partial charge in [-0.25, -0.2) is 0 Å². The van der Waals surface area contributed by atoms with Gasteiger partial charge in [0.15, 0.2) is 0 Å². The van der Waals surface area contributed by atoms with Crippen molar-refractivity contribution in [3.63, 3.8) is 0 Å². The summed E-state index contributed by atoms with van der Waals surface area (Å²) >= 11 is 0. The average Bonchev–Trinajstić information content (AvgIpc) is 2.23. The van der Waals surface area contributed by atoms with Crippen LogP contribution < -0.4 is 5.32 Å². The van der Waals surface area contributed by atoms with Gasteiger partial charge in [-0.05, 0) is 45.6 Å². The molecule has 18 heavy (non-hydrogen) atoms. The Kier molecular flexibility index (Phi) is 3.67. The molecule has 1 heterocycles. The Morgan fingerprint density at radius 3 is 2.33 bits per heavy atom. The number of nitrogens with zero attached hydrogens (tertiary/aromatic N) is 1. The first-order valence-corrected chi connectivity index (χ1v) is 6.75. The fourth-order valence-electron chi connectivity index (χ4n) is 3.53. The Morgan fingerprint density at radius 1 is 1.28 bits per heavy atom. The molecule has 2 fully saturated rings. The first kappa shape index (κ1) is 14.1. The van der Waals surface area contributed by atoms with E-state index in [0.717, 1.165) is 19.5 Å². The van der Waals surface area contributed by atoms with E-state index in [4.69, 9.17) is 0 Å². The molecule has 0 aromatic carbocycles. The normalized spacial score (nSPS) is 32.8. The standard InChI is InChI=1S/C13H23F3N2/c1-9(2)18-7-12(8-18)5-4-11(17-3)10(6-12)13(14,15)16/h9-11,17H,4-8H2,1-3H3/t10-,11+/m0/s1. The van der Waals surface area contributed by atoms with Crippen LogP contribution >= 0.6 is 0 Å². The number of nitrogens with one attached hydrogen (secondary N) is 1. The van der Waals surface area contributed by atoms with Gasteiger partial charge in [-0.15, -0.1) is 0 Å². The molecule has 1 N–H and O–H groups in total. The third kappa shape index (κ3) is 2.52. The lowest BCUT2D eigenvalue weighted by Crippen LogP contribution is -2.63. The van der Waals surface area contributed by atoms with E-state index < -0.39 is 18.1 Å². The third-order valence-corrected chi connectivity index (χ3v) is 4.72. The highest BCUT2D eigenvalue weighted by Gasteiger charge is 2.55. The van der Waals surface area contributed by atoms with Crippen molar-refractivity contribution in [2.45, 2.75) is 51.4 Å². The minimum absolute atomic E-state index is 0.0716. The molecule has 5 heteroatoms. The van der Waals surface area contributed by atoms with E-state index >= 15 is 0 Å². The highest BCUT2D eigenvalue weighted by atomic mass is 19.4. The summed E-state index contributed by atoms with van der Waals surface area (Å²) in [6, 6.07) is 0.0470. The maximum Gasteiger partial charge on any atom is 0.393 e. The summed E-state index contributed by atoms with van der Waals surface area (Å²) in [6.07, 6.45) is -2.20. The summed E-state index contributed by atoms with van der Waals surface area (Å²) in [7, 11) is 1.64. The van der Waals surface area contributed by atoms with Crippen LogP contribution in [0, 0.1) is 11.3 Å². The summed E-state index contributed by atoms with van der Waals surface area (Å²) in [5.41, 5.74) is -0.0716. The van der Waals surface area contributed by atoms with Crippen molar-refractivity contribution in [3.05, 3.63) is 0 Å². The highest BCUT2D eigenvalue weighted by Crippen LogP contribution is 2.50. The average molecular weight is 264 g/mol. The molecule has 0 aromatic rings. The predicted molar refractivity (Wildman–Crippen MR) is 65.4 cm³/mol. The Labute approximate surface area is 107 Å². The molecular weight excluding hydrogens is 241 g/mol. The van der Waals surface area contributed by atoms with Gasteiger partial charge in [0.2, 0.25) is 0 Å². The quantitative estimate of drug-likeness (QED) is 0.825. The minimum atomic E-state index is -4.07. The largest absolute Gasteiger partial charge is 0.393 e. The number of hydrogen-bond acceptors (Lipinski definition) is 2. The van der Waals surface area contributed by atoms with Gasteiger partial charge in [-0.2, -0.15) is 13.2 Å². The van der Waals surface area contributed by atoms with Crippen molar-refractivity contribution < 1.29 is 13.2 Å². The number of hydrogen-bond donors (Lipinski definition) is 1. The summed E-state index contributed by atoms with van der Waals surface area (Å²) in [5, 5.41) is 2.85. The molecule has 0 amide bonds. The minimum Gasteiger partial charge on any atom is -0.316 e. The first-order chi connectivity index (χ1) is 8.27. The van der Waals surface area contributed by atoms with E-state index in [1.807, 2.05) is 0 Å². The summed E-state index contributed by atoms with van der Waals surface area (Å²) < 4.78 is 39.3. The fourth-order valence-corrected chi connectivity index (χ4v) is 3.53. The van der Waals surface area contributed by atoms with Crippen molar-refractivity contribution >= 4 is 0 Å². The Hall–Kier alpha value is -0.290. The van der Waals surface area contributed by atoms with Crippen molar-refractivity contribution in [2.75, 3.05) is 20.1 Å². The highest BCUT2D eigenvalue weighted by molar-refractivity contribution is 5.03. The zero-order chi connectivity index (χ0) is 13.6. The summed E-state index contributed by atoms with van der Waals surface area (Å²) in [5.74, 6) is -1.18. The molecule has 1 aliphatic heterocycles. The van der Waals surface area contributed by atoms with Crippen LogP contribution in [-0.4, -0.2) is 43.3 Å². The molecule has 0 radical (unpaired) electrons. The number of alkyl halides is 3. The molecular formula is C13H23F3N2. The van der Waals surface area contributed by atoms with E-state index in [1.165, 1.54) is 0 Å². The van der Waals surface area contributed by atoms with Gasteiger partial charge in [-0.1, -0.05) is 0 Å². The summed E-state index contributed by atoms with van der Waals surface area (Å²) in [4.78, 5) is 2.27. The second-order valence-corrected chi connectivity index (χ2v) is 6.28. The van der Waals surface area contributed by atoms with Gasteiger partial charge in [0.25, 0.3) is 0 Å². The van der Waals surface area contributed by atoms with Crippen LogP contribution in [0.15, 0.2) is 0 Å². The molecule has 0 aromatic heterocycles. The molecule has 0 unspecified atom stereocenters. The second-order valence-electron chi connectivity index (χ2n) is 6.28. The van der Waals surface area contributed by atoms with Crippen LogP contribution in [0.1, 0.15) is 33.1 Å². The fraction of sp³-hybridized carbons (Fsp3) is 1.00. The van der Waals surface area contributed by atoms with E-state index in [2.05, 4.69) is 24.1 Å². The van der Waals surface area contributed by atoms with Crippen molar-refractivity contribution in [2.24, 2.45) is 11.3 Å². The second kappa shape index (κ2) is 4.67. The molecule has 2 atom stereocenters. The lowest BCUT2D eigenvalue weighted by molar-refractivity contribution is -0.211. The SMILES string of the molecule is CN[C@@H]1CCC2(C[C@@H]1C(F)(F)F)CN(C(C)C)C2. The molecule has 0 bridgehead atoms. The van der Waals surface area contributed by atoms with Crippen LogP contribution in [0.3, 0.4) is 0 Å². The molecule has 1 spiro atoms. The monoisotopic (exact) mass is 264 g/mol. The van der Waals surface area contributed by atoms with Gasteiger partial charge in [0.1, 0.15) is 0 Å². The molecule has 2 nitrogen and oxygen atoms in total. The van der Waals surface area contributed by atoms with Crippen molar-refractivity contribution in [1.29, 1.82) is 0 Å². The van der Waals surface area contributed by atoms with Gasteiger partial charge in [0.05, 0.1) is 5.92 Å². The van der Waals surface area contributed by atoms with Gasteiger partial charge >= 0.3 is 6.18 Å². The molecule has 1 saturated carbocycles. The van der Waals surface area contributed by atoms with Crippen molar-refractivity contribution in [3.8, 4) is 0 Å². The van der Waals surface area contributed by atoms with E-state index in [1.54, 1.807) is 7.05 Å². The molecule has 2 aliphatic rings. The lowest BCUT2D eigenvalue weighted by Gasteiger charge is -2.57. The Balaban J connectivity index is 2.03. The van der Waals surface area contributed by atoms with E-state index in [0.29, 0.717) is 18.9 Å². The predicted octanol–water partition coefficient (Wildman–Crippen LogP) is 2.65. The Bertz CT molecular complexity index is 295. The van der Waals surface area contributed by atoms with Crippen LogP contribution in [0.25, 0.3) is 0 Å². The zero-order valence-corrected chi connectivity index (χ0v) is 11.3. The summed E-state index contributed by atoms with van der Waals surface area (Å²) in [6.45, 7) is 5.89. The van der Waals surface area contributed by atoms with Gasteiger partial charge in [-0.3, -0.25) is 4.90 Å². The number of likely N-dealkylation sites (tertiary alicyclic amines) is 1. The van der Waals surface area contributed by atoms with Crippen molar-refractivity contribution in [1.82, 2.24) is 10.2 Å². The smallest absolute Gasteiger partial charge is 0.316 e. The molecule has 1 aliphatic carbocycles. The van der Waals surface area contributed by atoms with Crippen LogP contribution in [-0.2, 0) is 0 Å². The van der Waals surface area contributed by atoms with E-state index in [-0.39, 0.29) is 5.41 Å². The lowest BCUT2D eigenvalue weighted by atomic mass is 9.63. The first-order valence-electron chi connectivity index (χ1n) is 6.75. The number of rotatable bonds is 2. The zero-order valence-electron chi connectivity index (χ0n) is 11.3. The maximum atomic E-state index is 13.1. The van der Waals surface area contributed by atoms with E-state index in [9.17, 15) is 13.2 Å². The van der Waals surface area contributed by atoms with Gasteiger partial charge < -0.3 is 5.32 Å².